The highest BCUT2D eigenvalue weighted by Crippen LogP contribution is 1.87. The summed E-state index contributed by atoms with van der Waals surface area (Å²) < 4.78 is 0. The molecule has 0 nitrogen and oxygen atoms in total. The van der Waals surface area contributed by atoms with E-state index in [1.54, 1.807) is 0 Å². The maximum absolute atomic E-state index is 2.14. The third kappa shape index (κ3) is 7.22. The van der Waals surface area contributed by atoms with Crippen molar-refractivity contribution in [3.63, 3.8) is 0 Å². The summed E-state index contributed by atoms with van der Waals surface area (Å²) in [6, 6.07) is 0. The Hall–Kier alpha value is -0.780. The van der Waals surface area contributed by atoms with Crippen LogP contribution in [0, 0.1) is 0 Å². The summed E-state index contributed by atoms with van der Waals surface area (Å²) in [6.07, 6.45) is 14.8. The summed E-state index contributed by atoms with van der Waals surface area (Å²) >= 11 is 0. The van der Waals surface area contributed by atoms with Crippen molar-refractivity contribution in [2.24, 2.45) is 0 Å². The fourth-order valence-electron chi connectivity index (χ4n) is 0.586. The Morgan fingerprint density at radius 2 is 1.70 bits per heavy atom. The molecule has 0 aliphatic carbocycles. The van der Waals surface area contributed by atoms with Crippen LogP contribution in [0.3, 0.4) is 0 Å². The van der Waals surface area contributed by atoms with Crippen molar-refractivity contribution in [3.05, 3.63) is 36.5 Å². The minimum Gasteiger partial charge on any atom is -0.0914 e. The summed E-state index contributed by atoms with van der Waals surface area (Å²) in [4.78, 5) is 0. The zero-order valence-corrected chi connectivity index (χ0v) is 6.88. The van der Waals surface area contributed by atoms with E-state index in [0.29, 0.717) is 0 Å². The zero-order valence-electron chi connectivity index (χ0n) is 6.88. The standard InChI is InChI=1S/C10H16/c1-3-5-7-9-10-8-6-4-2/h3,5-6,8-10H,4,7H2,1-2H3. The molecule has 56 valence electrons. The lowest BCUT2D eigenvalue weighted by molar-refractivity contribution is 1.22. The fraction of sp³-hybridized carbons (Fsp3) is 0.400. The van der Waals surface area contributed by atoms with Crippen LogP contribution < -0.4 is 0 Å². The van der Waals surface area contributed by atoms with Crippen LogP contribution in [-0.4, -0.2) is 0 Å². The van der Waals surface area contributed by atoms with Gasteiger partial charge in [-0.05, 0) is 19.8 Å². The highest BCUT2D eigenvalue weighted by atomic mass is 13.7. The third-order valence-corrected chi connectivity index (χ3v) is 1.13. The van der Waals surface area contributed by atoms with Crippen molar-refractivity contribution in [1.29, 1.82) is 0 Å². The molecule has 0 N–H and O–H groups in total. The van der Waals surface area contributed by atoms with E-state index in [4.69, 9.17) is 0 Å². The van der Waals surface area contributed by atoms with Crippen LogP contribution in [0.1, 0.15) is 26.7 Å². The second-order valence-corrected chi connectivity index (χ2v) is 2.07. The number of hydrogen-bond acceptors (Lipinski definition) is 0. The molecule has 0 aliphatic heterocycles. The van der Waals surface area contributed by atoms with Crippen LogP contribution >= 0.6 is 0 Å². The van der Waals surface area contributed by atoms with E-state index in [9.17, 15) is 0 Å². The summed E-state index contributed by atoms with van der Waals surface area (Å²) in [5.41, 5.74) is 0. The van der Waals surface area contributed by atoms with Crippen molar-refractivity contribution in [3.8, 4) is 0 Å². The Labute approximate surface area is 64.0 Å². The smallest absolute Gasteiger partial charge is 0.0166 e. The number of allylic oxidation sites excluding steroid dienone is 6. The van der Waals surface area contributed by atoms with Crippen LogP contribution in [-0.2, 0) is 0 Å². The van der Waals surface area contributed by atoms with Gasteiger partial charge in [-0.3, -0.25) is 0 Å². The third-order valence-electron chi connectivity index (χ3n) is 1.13. The zero-order chi connectivity index (χ0) is 7.66. The van der Waals surface area contributed by atoms with Crippen molar-refractivity contribution >= 4 is 0 Å². The van der Waals surface area contributed by atoms with Gasteiger partial charge in [-0.25, -0.2) is 0 Å². The van der Waals surface area contributed by atoms with Crippen molar-refractivity contribution in [1.82, 2.24) is 0 Å². The predicted octanol–water partition coefficient (Wildman–Crippen LogP) is 3.48. The first-order valence-corrected chi connectivity index (χ1v) is 3.84. The first-order valence-electron chi connectivity index (χ1n) is 3.84. The average molecular weight is 136 g/mol. The summed E-state index contributed by atoms with van der Waals surface area (Å²) in [5.74, 6) is 0. The van der Waals surface area contributed by atoms with E-state index in [0.717, 1.165) is 12.8 Å². The molecule has 0 aliphatic rings. The second kappa shape index (κ2) is 8.22. The second-order valence-electron chi connectivity index (χ2n) is 2.07. The predicted molar refractivity (Wildman–Crippen MR) is 48.0 cm³/mol. The molecule has 0 radical (unpaired) electrons. The lowest BCUT2D eigenvalue weighted by Gasteiger charge is -1.77. The first-order chi connectivity index (χ1) is 4.91. The molecule has 0 atom stereocenters. The molecule has 0 saturated heterocycles. The quantitative estimate of drug-likeness (QED) is 0.410. The van der Waals surface area contributed by atoms with E-state index < -0.39 is 0 Å². The van der Waals surface area contributed by atoms with E-state index >= 15 is 0 Å². The molecule has 0 bridgehead atoms. The van der Waals surface area contributed by atoms with Crippen LogP contribution in [0.5, 0.6) is 0 Å². The van der Waals surface area contributed by atoms with Gasteiger partial charge in [0.1, 0.15) is 0 Å². The van der Waals surface area contributed by atoms with Gasteiger partial charge in [0.15, 0.2) is 0 Å². The minimum absolute atomic E-state index is 1.05. The molecule has 10 heavy (non-hydrogen) atoms. The summed E-state index contributed by atoms with van der Waals surface area (Å²) in [6.45, 7) is 4.17. The average Bonchev–Trinajstić information content (AvgIpc) is 1.97. The maximum atomic E-state index is 2.14. The van der Waals surface area contributed by atoms with Gasteiger partial charge in [-0.2, -0.15) is 0 Å². The highest BCUT2D eigenvalue weighted by Gasteiger charge is 1.65. The molecular weight excluding hydrogens is 120 g/mol. The molecule has 0 aromatic rings. The normalized spacial score (nSPS) is 12.6. The molecule has 0 rings (SSSR count). The molecule has 0 saturated carbocycles. The van der Waals surface area contributed by atoms with E-state index in [2.05, 4.69) is 43.4 Å². The van der Waals surface area contributed by atoms with Gasteiger partial charge in [0.05, 0.1) is 0 Å². The minimum atomic E-state index is 1.05. The lowest BCUT2D eigenvalue weighted by atomic mass is 10.3. The van der Waals surface area contributed by atoms with Gasteiger partial charge < -0.3 is 0 Å². The van der Waals surface area contributed by atoms with Crippen molar-refractivity contribution in [2.45, 2.75) is 26.7 Å². The monoisotopic (exact) mass is 136 g/mol. The van der Waals surface area contributed by atoms with Gasteiger partial charge in [-0.15, -0.1) is 0 Å². The summed E-state index contributed by atoms with van der Waals surface area (Å²) in [5, 5.41) is 0. The Balaban J connectivity index is 3.28. The van der Waals surface area contributed by atoms with Crippen molar-refractivity contribution < 1.29 is 0 Å². The Morgan fingerprint density at radius 3 is 2.30 bits per heavy atom. The van der Waals surface area contributed by atoms with Gasteiger partial charge in [-0.1, -0.05) is 43.4 Å². The topological polar surface area (TPSA) is 0 Å². The molecule has 0 spiro atoms. The fourth-order valence-corrected chi connectivity index (χ4v) is 0.586. The van der Waals surface area contributed by atoms with Gasteiger partial charge in [0.2, 0.25) is 0 Å². The van der Waals surface area contributed by atoms with Gasteiger partial charge in [0, 0.05) is 0 Å². The number of hydrogen-bond donors (Lipinski definition) is 0. The first kappa shape index (κ1) is 9.22. The van der Waals surface area contributed by atoms with E-state index in [1.165, 1.54) is 0 Å². The highest BCUT2D eigenvalue weighted by molar-refractivity contribution is 5.04. The summed E-state index contributed by atoms with van der Waals surface area (Å²) in [7, 11) is 0. The molecule has 0 aromatic carbocycles. The van der Waals surface area contributed by atoms with Crippen molar-refractivity contribution in [2.75, 3.05) is 0 Å². The molecule has 0 aromatic heterocycles. The largest absolute Gasteiger partial charge is 0.0914 e. The lowest BCUT2D eigenvalue weighted by Crippen LogP contribution is -1.56. The van der Waals surface area contributed by atoms with E-state index in [1.807, 2.05) is 6.92 Å². The molecular formula is C10H16. The van der Waals surface area contributed by atoms with Gasteiger partial charge in [0.25, 0.3) is 0 Å². The molecule has 0 amide bonds. The van der Waals surface area contributed by atoms with Crippen LogP contribution in [0.25, 0.3) is 0 Å². The molecule has 0 heterocycles. The maximum Gasteiger partial charge on any atom is -0.0166 e. The van der Waals surface area contributed by atoms with Crippen LogP contribution in [0.4, 0.5) is 0 Å². The molecule has 0 unspecified atom stereocenters. The molecule has 0 heteroatoms. The Morgan fingerprint density at radius 1 is 1.00 bits per heavy atom. The molecule has 0 fully saturated rings. The van der Waals surface area contributed by atoms with E-state index in [-0.39, 0.29) is 0 Å². The SMILES string of the molecule is CC=CCC=CC=CCC. The van der Waals surface area contributed by atoms with Crippen LogP contribution in [0.2, 0.25) is 0 Å². The Kier molecular flexibility index (Phi) is 7.58. The van der Waals surface area contributed by atoms with Crippen LogP contribution in [0.15, 0.2) is 36.5 Å². The Bertz CT molecular complexity index is 127. The number of rotatable bonds is 4. The van der Waals surface area contributed by atoms with Gasteiger partial charge >= 0.3 is 0 Å².